The smallest absolute Gasteiger partial charge is 0.319 e. The van der Waals surface area contributed by atoms with Gasteiger partial charge in [0.1, 0.15) is 17.2 Å². The van der Waals surface area contributed by atoms with Crippen molar-refractivity contribution in [3.63, 3.8) is 0 Å². The van der Waals surface area contributed by atoms with Crippen molar-refractivity contribution in [3.05, 3.63) is 59.3 Å². The molecule has 0 fully saturated rings. The van der Waals surface area contributed by atoms with Gasteiger partial charge in [0.05, 0.1) is 38.6 Å². The van der Waals surface area contributed by atoms with Crippen molar-refractivity contribution in [1.82, 2.24) is 10.6 Å². The number of methoxy groups -OCH3 is 3. The average Bonchev–Trinajstić information content (AvgIpc) is 2.73. The first-order valence-electron chi connectivity index (χ1n) is 8.93. The topological polar surface area (TPSA) is 97.9 Å². The number of urea groups is 1. The number of para-hydroxylation sites is 1. The Kier molecular flexibility index (Phi) is 5.92. The maximum Gasteiger partial charge on any atom is 0.319 e. The van der Waals surface area contributed by atoms with Crippen LogP contribution in [0.4, 0.5) is 10.5 Å². The second kappa shape index (κ2) is 8.55. The lowest BCUT2D eigenvalue weighted by Crippen LogP contribution is -2.46. The molecular formula is C21H23N3O5. The average molecular weight is 397 g/mol. The van der Waals surface area contributed by atoms with Crippen LogP contribution in [0.2, 0.25) is 0 Å². The molecule has 0 aliphatic carbocycles. The lowest BCUT2D eigenvalue weighted by Gasteiger charge is -2.29. The zero-order valence-corrected chi connectivity index (χ0v) is 16.7. The first kappa shape index (κ1) is 20.1. The minimum atomic E-state index is -0.677. The Morgan fingerprint density at radius 1 is 1.00 bits per heavy atom. The molecule has 1 heterocycles. The van der Waals surface area contributed by atoms with Gasteiger partial charge in [-0.25, -0.2) is 4.79 Å². The molecule has 29 heavy (non-hydrogen) atoms. The van der Waals surface area contributed by atoms with Gasteiger partial charge in [0, 0.05) is 17.3 Å². The van der Waals surface area contributed by atoms with E-state index in [1.165, 1.54) is 7.11 Å². The summed E-state index contributed by atoms with van der Waals surface area (Å²) in [5.74, 6) is 1.25. The zero-order valence-electron chi connectivity index (χ0n) is 16.7. The molecule has 152 valence electrons. The Hall–Kier alpha value is -3.68. The van der Waals surface area contributed by atoms with Gasteiger partial charge in [0.15, 0.2) is 0 Å². The van der Waals surface area contributed by atoms with Gasteiger partial charge in [-0.3, -0.25) is 4.79 Å². The van der Waals surface area contributed by atoms with E-state index < -0.39 is 12.1 Å². The second-order valence-corrected chi connectivity index (χ2v) is 6.33. The number of hydrogen-bond acceptors (Lipinski definition) is 5. The molecule has 0 spiro atoms. The highest BCUT2D eigenvalue weighted by Crippen LogP contribution is 2.35. The van der Waals surface area contributed by atoms with Gasteiger partial charge in [0.25, 0.3) is 5.91 Å². The summed E-state index contributed by atoms with van der Waals surface area (Å²) in [6.07, 6.45) is 0. The van der Waals surface area contributed by atoms with E-state index >= 15 is 0 Å². The van der Waals surface area contributed by atoms with Crippen LogP contribution in [0.5, 0.6) is 17.2 Å². The molecule has 1 aliphatic rings. The molecule has 0 aromatic heterocycles. The maximum atomic E-state index is 13.2. The third-order valence-electron chi connectivity index (χ3n) is 4.62. The number of nitrogens with one attached hydrogen (secondary N) is 3. The van der Waals surface area contributed by atoms with Crippen molar-refractivity contribution < 1.29 is 23.8 Å². The van der Waals surface area contributed by atoms with Gasteiger partial charge in [-0.1, -0.05) is 18.2 Å². The van der Waals surface area contributed by atoms with Crippen molar-refractivity contribution in [2.45, 2.75) is 13.0 Å². The predicted octanol–water partition coefficient (Wildman–Crippen LogP) is 2.98. The van der Waals surface area contributed by atoms with Crippen LogP contribution in [-0.4, -0.2) is 33.3 Å². The van der Waals surface area contributed by atoms with Crippen LogP contribution in [-0.2, 0) is 4.79 Å². The van der Waals surface area contributed by atoms with Gasteiger partial charge >= 0.3 is 6.03 Å². The molecular weight excluding hydrogens is 374 g/mol. The number of allylic oxidation sites excluding steroid dienone is 1. The molecule has 0 saturated carbocycles. The third-order valence-corrected chi connectivity index (χ3v) is 4.62. The SMILES string of the molecule is COc1ccc(NC(=O)C2=C(C)NC(=O)NC2c2ccccc2OC)c(OC)c1. The lowest BCUT2D eigenvalue weighted by molar-refractivity contribution is -0.113. The molecule has 1 aliphatic heterocycles. The van der Waals surface area contributed by atoms with Crippen LogP contribution in [0.1, 0.15) is 18.5 Å². The highest BCUT2D eigenvalue weighted by atomic mass is 16.5. The minimum Gasteiger partial charge on any atom is -0.497 e. The fourth-order valence-electron chi connectivity index (χ4n) is 3.22. The largest absolute Gasteiger partial charge is 0.497 e. The van der Waals surface area contributed by atoms with Crippen LogP contribution in [0, 0.1) is 0 Å². The van der Waals surface area contributed by atoms with E-state index in [1.807, 2.05) is 18.2 Å². The number of carbonyl (C=O) groups is 2. The summed E-state index contributed by atoms with van der Waals surface area (Å²) in [4.78, 5) is 25.3. The molecule has 2 aromatic carbocycles. The molecule has 8 heteroatoms. The number of hydrogen-bond donors (Lipinski definition) is 3. The standard InChI is InChI=1S/C21H23N3O5/c1-12-18(20(25)23-15-10-9-13(27-2)11-17(15)29-4)19(24-21(26)22-12)14-7-5-6-8-16(14)28-3/h5-11,19H,1-4H3,(H,23,25)(H2,22,24,26). The quantitative estimate of drug-likeness (QED) is 0.696. The summed E-state index contributed by atoms with van der Waals surface area (Å²) in [6, 6.07) is 11.3. The molecule has 3 N–H and O–H groups in total. The van der Waals surface area contributed by atoms with Crippen LogP contribution < -0.4 is 30.2 Å². The predicted molar refractivity (Wildman–Crippen MR) is 108 cm³/mol. The van der Waals surface area contributed by atoms with Crippen molar-refractivity contribution in [2.75, 3.05) is 26.6 Å². The van der Waals surface area contributed by atoms with Crippen LogP contribution in [0.15, 0.2) is 53.7 Å². The molecule has 1 atom stereocenters. The van der Waals surface area contributed by atoms with Crippen molar-refractivity contribution >= 4 is 17.6 Å². The zero-order chi connectivity index (χ0) is 21.0. The normalized spacial score (nSPS) is 15.9. The highest BCUT2D eigenvalue weighted by Gasteiger charge is 2.33. The van der Waals surface area contributed by atoms with E-state index in [0.717, 1.165) is 0 Å². The van der Waals surface area contributed by atoms with Gasteiger partial charge < -0.3 is 30.2 Å². The number of rotatable bonds is 6. The van der Waals surface area contributed by atoms with Gasteiger partial charge in [-0.05, 0) is 25.1 Å². The van der Waals surface area contributed by atoms with E-state index in [2.05, 4.69) is 16.0 Å². The van der Waals surface area contributed by atoms with Gasteiger partial charge in [0.2, 0.25) is 0 Å². The van der Waals surface area contributed by atoms with Gasteiger partial charge in [-0.2, -0.15) is 0 Å². The Morgan fingerprint density at radius 2 is 1.72 bits per heavy atom. The number of ether oxygens (including phenoxy) is 3. The fourth-order valence-corrected chi connectivity index (χ4v) is 3.22. The number of anilines is 1. The second-order valence-electron chi connectivity index (χ2n) is 6.33. The van der Waals surface area contributed by atoms with E-state index in [0.29, 0.717) is 39.8 Å². The Bertz CT molecular complexity index is 971. The highest BCUT2D eigenvalue weighted by molar-refractivity contribution is 6.07. The summed E-state index contributed by atoms with van der Waals surface area (Å²) in [7, 11) is 4.60. The van der Waals surface area contributed by atoms with Gasteiger partial charge in [-0.15, -0.1) is 0 Å². The molecule has 0 radical (unpaired) electrons. The summed E-state index contributed by atoms with van der Waals surface area (Å²) in [5.41, 5.74) is 1.98. The van der Waals surface area contributed by atoms with Crippen LogP contribution in [0.3, 0.4) is 0 Å². The third kappa shape index (κ3) is 4.11. The van der Waals surface area contributed by atoms with Crippen molar-refractivity contribution in [2.24, 2.45) is 0 Å². The lowest BCUT2D eigenvalue weighted by atomic mass is 9.94. The van der Waals surface area contributed by atoms with E-state index in [-0.39, 0.29) is 5.91 Å². The number of amides is 3. The summed E-state index contributed by atoms with van der Waals surface area (Å²) < 4.78 is 16.0. The van der Waals surface area contributed by atoms with E-state index in [4.69, 9.17) is 14.2 Å². The number of carbonyl (C=O) groups excluding carboxylic acids is 2. The van der Waals surface area contributed by atoms with E-state index in [9.17, 15) is 9.59 Å². The van der Waals surface area contributed by atoms with Crippen molar-refractivity contribution in [3.8, 4) is 17.2 Å². The maximum absolute atomic E-state index is 13.2. The molecule has 8 nitrogen and oxygen atoms in total. The van der Waals surface area contributed by atoms with Crippen LogP contribution >= 0.6 is 0 Å². The number of benzene rings is 2. The Balaban J connectivity index is 1.99. The summed E-state index contributed by atoms with van der Waals surface area (Å²) in [5, 5.41) is 8.31. The molecule has 3 rings (SSSR count). The molecule has 0 saturated heterocycles. The summed E-state index contributed by atoms with van der Waals surface area (Å²) in [6.45, 7) is 1.68. The van der Waals surface area contributed by atoms with Crippen molar-refractivity contribution in [1.29, 1.82) is 0 Å². The monoisotopic (exact) mass is 397 g/mol. The first-order valence-corrected chi connectivity index (χ1v) is 8.93. The fraction of sp³-hybridized carbons (Fsp3) is 0.238. The van der Waals surface area contributed by atoms with Crippen LogP contribution in [0.25, 0.3) is 0 Å². The van der Waals surface area contributed by atoms with E-state index in [1.54, 1.807) is 45.4 Å². The molecule has 2 aromatic rings. The Morgan fingerprint density at radius 3 is 2.41 bits per heavy atom. The Labute approximate surface area is 168 Å². The molecule has 1 unspecified atom stereocenters. The minimum absolute atomic E-state index is 0.368. The first-order chi connectivity index (χ1) is 14.0. The summed E-state index contributed by atoms with van der Waals surface area (Å²) >= 11 is 0. The molecule has 0 bridgehead atoms. The molecule has 3 amide bonds.